The van der Waals surface area contributed by atoms with E-state index in [0.717, 1.165) is 12.2 Å². The third-order valence-electron chi connectivity index (χ3n) is 4.03. The molecule has 0 spiro atoms. The summed E-state index contributed by atoms with van der Waals surface area (Å²) in [4.78, 5) is 24.7. The molecular formula is C14H22N4O4. The smallest absolute Gasteiger partial charge is 0.290 e. The van der Waals surface area contributed by atoms with Crippen molar-refractivity contribution >= 4 is 18.3 Å². The van der Waals surface area contributed by atoms with Gasteiger partial charge in [0.2, 0.25) is 11.9 Å². The SMILES string of the molecule is O=C(Nc1n[nH]c(C2CCCCC2)n1)C1CCOC1.O=CO. The quantitative estimate of drug-likeness (QED) is 0.729. The van der Waals surface area contributed by atoms with E-state index in [4.69, 9.17) is 14.6 Å². The van der Waals surface area contributed by atoms with Gasteiger partial charge in [0, 0.05) is 12.5 Å². The molecule has 3 rings (SSSR count). The second kappa shape index (κ2) is 8.47. The normalized spacial score (nSPS) is 21.7. The van der Waals surface area contributed by atoms with Crippen LogP contribution < -0.4 is 5.32 Å². The Morgan fingerprint density at radius 1 is 1.32 bits per heavy atom. The molecule has 2 aliphatic rings. The largest absolute Gasteiger partial charge is 0.483 e. The van der Waals surface area contributed by atoms with Crippen molar-refractivity contribution in [3.8, 4) is 0 Å². The highest BCUT2D eigenvalue weighted by Gasteiger charge is 2.25. The van der Waals surface area contributed by atoms with E-state index in [0.29, 0.717) is 25.1 Å². The van der Waals surface area contributed by atoms with Crippen LogP contribution in [0.1, 0.15) is 50.3 Å². The molecular weight excluding hydrogens is 288 g/mol. The molecule has 2 fully saturated rings. The molecule has 1 aliphatic carbocycles. The van der Waals surface area contributed by atoms with Crippen LogP contribution in [-0.4, -0.2) is 45.9 Å². The topological polar surface area (TPSA) is 117 Å². The third kappa shape index (κ3) is 4.52. The molecule has 1 aromatic rings. The van der Waals surface area contributed by atoms with Crippen molar-refractivity contribution in [1.82, 2.24) is 15.2 Å². The van der Waals surface area contributed by atoms with Crippen LogP contribution in [0.5, 0.6) is 0 Å². The number of carbonyl (C=O) groups is 2. The number of aromatic amines is 1. The van der Waals surface area contributed by atoms with Crippen LogP contribution in [-0.2, 0) is 14.3 Å². The molecule has 1 atom stereocenters. The molecule has 122 valence electrons. The van der Waals surface area contributed by atoms with Crippen molar-refractivity contribution in [1.29, 1.82) is 0 Å². The molecule has 1 aromatic heterocycles. The number of carbonyl (C=O) groups excluding carboxylic acids is 1. The number of rotatable bonds is 3. The van der Waals surface area contributed by atoms with Gasteiger partial charge in [0.05, 0.1) is 12.5 Å². The molecule has 1 saturated heterocycles. The monoisotopic (exact) mass is 310 g/mol. The van der Waals surface area contributed by atoms with E-state index < -0.39 is 0 Å². The Kier molecular flexibility index (Phi) is 6.32. The summed E-state index contributed by atoms with van der Waals surface area (Å²) < 4.78 is 5.21. The Hall–Kier alpha value is -1.96. The standard InChI is InChI=1S/C13H20N4O2.CH2O2/c18-12(10-6-7-19-8-10)15-13-14-11(16-17-13)9-4-2-1-3-5-9;2-1-3/h9-10H,1-8H2,(H2,14,15,16,17,18);1H,(H,2,3). The van der Waals surface area contributed by atoms with Crippen molar-refractivity contribution in [3.05, 3.63) is 5.82 Å². The minimum atomic E-state index is -0.250. The summed E-state index contributed by atoms with van der Waals surface area (Å²) in [7, 11) is 0. The zero-order valence-corrected chi connectivity index (χ0v) is 12.5. The molecule has 0 aromatic carbocycles. The first-order chi connectivity index (χ1) is 10.7. The lowest BCUT2D eigenvalue weighted by molar-refractivity contribution is -0.123. The zero-order valence-electron chi connectivity index (χ0n) is 12.5. The highest BCUT2D eigenvalue weighted by Crippen LogP contribution is 2.30. The molecule has 8 heteroatoms. The van der Waals surface area contributed by atoms with Crippen molar-refractivity contribution in [2.45, 2.75) is 44.4 Å². The van der Waals surface area contributed by atoms with E-state index in [1.807, 2.05) is 0 Å². The summed E-state index contributed by atoms with van der Waals surface area (Å²) in [6.45, 7) is 0.922. The Balaban J connectivity index is 0.000000545. The molecule has 3 N–H and O–H groups in total. The summed E-state index contributed by atoms with van der Waals surface area (Å²) in [5, 5.41) is 16.7. The van der Waals surface area contributed by atoms with E-state index in [1.165, 1.54) is 32.1 Å². The fourth-order valence-electron chi connectivity index (χ4n) is 2.84. The maximum Gasteiger partial charge on any atom is 0.290 e. The summed E-state index contributed by atoms with van der Waals surface area (Å²) in [6, 6.07) is 0. The van der Waals surface area contributed by atoms with Gasteiger partial charge in [-0.3, -0.25) is 20.0 Å². The number of hydrogen-bond acceptors (Lipinski definition) is 5. The first kappa shape index (κ1) is 16.4. The lowest BCUT2D eigenvalue weighted by Crippen LogP contribution is -2.23. The first-order valence-corrected chi connectivity index (χ1v) is 7.63. The van der Waals surface area contributed by atoms with Crippen LogP contribution in [0.3, 0.4) is 0 Å². The number of nitrogens with zero attached hydrogens (tertiary/aromatic N) is 2. The van der Waals surface area contributed by atoms with Crippen molar-refractivity contribution in [2.24, 2.45) is 5.92 Å². The van der Waals surface area contributed by atoms with E-state index in [1.54, 1.807) is 0 Å². The van der Waals surface area contributed by atoms with E-state index in [-0.39, 0.29) is 18.3 Å². The van der Waals surface area contributed by atoms with E-state index in [9.17, 15) is 4.79 Å². The van der Waals surface area contributed by atoms with Crippen molar-refractivity contribution in [2.75, 3.05) is 18.5 Å². The predicted molar refractivity (Wildman–Crippen MR) is 78.5 cm³/mol. The Bertz CT molecular complexity index is 479. The fraction of sp³-hybridized carbons (Fsp3) is 0.714. The Morgan fingerprint density at radius 3 is 2.68 bits per heavy atom. The van der Waals surface area contributed by atoms with Crippen LogP contribution in [0.15, 0.2) is 0 Å². The number of H-pyrrole nitrogens is 1. The van der Waals surface area contributed by atoms with Gasteiger partial charge in [-0.05, 0) is 19.3 Å². The number of amides is 1. The lowest BCUT2D eigenvalue weighted by Gasteiger charge is -2.18. The number of carboxylic acid groups (broad SMARTS) is 1. The lowest BCUT2D eigenvalue weighted by atomic mass is 9.89. The summed E-state index contributed by atoms with van der Waals surface area (Å²) >= 11 is 0. The van der Waals surface area contributed by atoms with E-state index >= 15 is 0 Å². The maximum absolute atomic E-state index is 11.9. The van der Waals surface area contributed by atoms with Crippen LogP contribution >= 0.6 is 0 Å². The summed E-state index contributed by atoms with van der Waals surface area (Å²) in [5.41, 5.74) is 0. The highest BCUT2D eigenvalue weighted by atomic mass is 16.5. The Morgan fingerprint density at radius 2 is 2.05 bits per heavy atom. The number of ether oxygens (including phenoxy) is 1. The molecule has 2 heterocycles. The Labute approximate surface area is 128 Å². The number of hydrogen-bond donors (Lipinski definition) is 3. The van der Waals surface area contributed by atoms with Gasteiger partial charge in [-0.1, -0.05) is 19.3 Å². The summed E-state index contributed by atoms with van der Waals surface area (Å²) in [5.74, 6) is 1.69. The molecule has 0 bridgehead atoms. The predicted octanol–water partition coefficient (Wildman–Crippen LogP) is 1.53. The van der Waals surface area contributed by atoms with Crippen molar-refractivity contribution < 1.29 is 19.4 Å². The third-order valence-corrected chi connectivity index (χ3v) is 4.03. The van der Waals surface area contributed by atoms with Crippen LogP contribution in [0.4, 0.5) is 5.95 Å². The number of nitrogens with one attached hydrogen (secondary N) is 2. The number of aromatic nitrogens is 3. The average Bonchev–Trinajstić information content (AvgIpc) is 3.20. The van der Waals surface area contributed by atoms with Gasteiger partial charge in [0.1, 0.15) is 5.82 Å². The molecule has 0 radical (unpaired) electrons. The van der Waals surface area contributed by atoms with Gasteiger partial charge in [-0.15, -0.1) is 5.10 Å². The second-order valence-electron chi connectivity index (χ2n) is 5.53. The maximum atomic E-state index is 11.9. The molecule has 8 nitrogen and oxygen atoms in total. The minimum Gasteiger partial charge on any atom is -0.483 e. The zero-order chi connectivity index (χ0) is 15.8. The van der Waals surface area contributed by atoms with Gasteiger partial charge in [0.25, 0.3) is 6.47 Å². The number of anilines is 1. The molecule has 22 heavy (non-hydrogen) atoms. The molecule has 1 saturated carbocycles. The van der Waals surface area contributed by atoms with Crippen LogP contribution in [0, 0.1) is 5.92 Å². The van der Waals surface area contributed by atoms with Gasteiger partial charge >= 0.3 is 0 Å². The van der Waals surface area contributed by atoms with Gasteiger partial charge in [0.15, 0.2) is 0 Å². The molecule has 1 aliphatic heterocycles. The second-order valence-corrected chi connectivity index (χ2v) is 5.53. The van der Waals surface area contributed by atoms with Gasteiger partial charge in [-0.25, -0.2) is 0 Å². The summed E-state index contributed by atoms with van der Waals surface area (Å²) in [6.07, 6.45) is 6.94. The minimum absolute atomic E-state index is 0.0355. The first-order valence-electron chi connectivity index (χ1n) is 7.63. The molecule has 1 amide bonds. The highest BCUT2D eigenvalue weighted by molar-refractivity contribution is 5.91. The van der Waals surface area contributed by atoms with Crippen LogP contribution in [0.2, 0.25) is 0 Å². The molecule has 1 unspecified atom stereocenters. The van der Waals surface area contributed by atoms with Crippen molar-refractivity contribution in [3.63, 3.8) is 0 Å². The van der Waals surface area contributed by atoms with Gasteiger partial charge < -0.3 is 9.84 Å². The van der Waals surface area contributed by atoms with E-state index in [2.05, 4.69) is 20.5 Å². The average molecular weight is 310 g/mol. The van der Waals surface area contributed by atoms with Gasteiger partial charge in [-0.2, -0.15) is 4.98 Å². The van der Waals surface area contributed by atoms with Crippen LogP contribution in [0.25, 0.3) is 0 Å². The fourth-order valence-corrected chi connectivity index (χ4v) is 2.84.